The Morgan fingerprint density at radius 2 is 1.58 bits per heavy atom. The summed E-state index contributed by atoms with van der Waals surface area (Å²) < 4.78 is 1.94. The van der Waals surface area contributed by atoms with Gasteiger partial charge in [0.1, 0.15) is 0 Å². The minimum Gasteiger partial charge on any atom is -0.322 e. The highest BCUT2D eigenvalue weighted by molar-refractivity contribution is 6.12. The first-order valence-electron chi connectivity index (χ1n) is 10.8. The number of nitrogens with one attached hydrogen (secondary N) is 2. The summed E-state index contributed by atoms with van der Waals surface area (Å²) >= 11 is 0. The molecule has 166 valence electrons. The molecule has 0 aliphatic heterocycles. The van der Waals surface area contributed by atoms with Crippen molar-refractivity contribution in [2.24, 2.45) is 0 Å². The van der Waals surface area contributed by atoms with Gasteiger partial charge in [0.05, 0.1) is 23.5 Å². The lowest BCUT2D eigenvalue weighted by atomic mass is 10.1. The van der Waals surface area contributed by atoms with Crippen LogP contribution in [0.4, 0.5) is 11.4 Å². The van der Waals surface area contributed by atoms with Crippen molar-refractivity contribution in [1.29, 1.82) is 0 Å². The van der Waals surface area contributed by atoms with Crippen molar-refractivity contribution < 1.29 is 9.59 Å². The quantitative estimate of drug-likeness (QED) is 0.425. The molecule has 0 unspecified atom stereocenters. The Labute approximate surface area is 193 Å². The number of benzene rings is 3. The third-order valence-electron chi connectivity index (χ3n) is 5.35. The van der Waals surface area contributed by atoms with E-state index >= 15 is 0 Å². The second-order valence-electron chi connectivity index (χ2n) is 8.10. The minimum absolute atomic E-state index is 0.275. The molecule has 4 aromatic rings. The first-order chi connectivity index (χ1) is 15.9. The third kappa shape index (κ3) is 5.36. The van der Waals surface area contributed by atoms with Gasteiger partial charge in [-0.15, -0.1) is 0 Å². The Morgan fingerprint density at radius 3 is 2.27 bits per heavy atom. The summed E-state index contributed by atoms with van der Waals surface area (Å²) in [5.41, 5.74) is 6.25. The SMILES string of the molecule is Cc1cccc(NC(=O)c2ccccc2NC(=O)c2ccc(Cn3nc(C)cc3C)cc2)c1. The standard InChI is InChI=1S/C27H26N4O2/c1-18-7-6-8-23(15-18)28-27(33)24-9-4-5-10-25(24)29-26(32)22-13-11-21(12-14-22)17-31-20(3)16-19(2)30-31/h4-16H,17H2,1-3H3,(H,28,33)(H,29,32). The largest absolute Gasteiger partial charge is 0.322 e. The van der Waals surface area contributed by atoms with Crippen LogP contribution in [0.15, 0.2) is 78.9 Å². The van der Waals surface area contributed by atoms with Gasteiger partial charge in [0.15, 0.2) is 0 Å². The average molecular weight is 439 g/mol. The number of carbonyl (C=O) groups excluding carboxylic acids is 2. The van der Waals surface area contributed by atoms with Gasteiger partial charge < -0.3 is 10.6 Å². The molecule has 1 aromatic heterocycles. The van der Waals surface area contributed by atoms with Crippen molar-refractivity contribution in [2.75, 3.05) is 10.6 Å². The number of amides is 2. The summed E-state index contributed by atoms with van der Waals surface area (Å²) in [4.78, 5) is 25.7. The molecule has 0 spiro atoms. The maximum Gasteiger partial charge on any atom is 0.257 e. The van der Waals surface area contributed by atoms with Gasteiger partial charge in [-0.05, 0) is 74.4 Å². The van der Waals surface area contributed by atoms with E-state index in [2.05, 4.69) is 15.7 Å². The highest BCUT2D eigenvalue weighted by atomic mass is 16.2. The molecular formula is C27H26N4O2. The number of nitrogens with zero attached hydrogens (tertiary/aromatic N) is 2. The van der Waals surface area contributed by atoms with Crippen molar-refractivity contribution in [3.8, 4) is 0 Å². The molecule has 0 saturated heterocycles. The van der Waals surface area contributed by atoms with E-state index < -0.39 is 0 Å². The molecule has 0 aliphatic carbocycles. The van der Waals surface area contributed by atoms with Crippen LogP contribution in [0.25, 0.3) is 0 Å². The number of para-hydroxylation sites is 1. The van der Waals surface area contributed by atoms with Crippen molar-refractivity contribution in [2.45, 2.75) is 27.3 Å². The van der Waals surface area contributed by atoms with E-state index in [1.807, 2.05) is 67.9 Å². The summed E-state index contributed by atoms with van der Waals surface area (Å²) in [5.74, 6) is -0.555. The van der Waals surface area contributed by atoms with Crippen LogP contribution in [-0.4, -0.2) is 21.6 Å². The predicted molar refractivity (Wildman–Crippen MR) is 131 cm³/mol. The van der Waals surface area contributed by atoms with Crippen LogP contribution >= 0.6 is 0 Å². The van der Waals surface area contributed by atoms with E-state index in [9.17, 15) is 9.59 Å². The van der Waals surface area contributed by atoms with Gasteiger partial charge in [-0.3, -0.25) is 14.3 Å². The molecule has 0 atom stereocenters. The summed E-state index contributed by atoms with van der Waals surface area (Å²) in [6.45, 7) is 6.60. The Balaban J connectivity index is 1.46. The van der Waals surface area contributed by atoms with E-state index in [0.717, 1.165) is 22.5 Å². The molecule has 2 amide bonds. The molecule has 2 N–H and O–H groups in total. The van der Waals surface area contributed by atoms with E-state index in [1.54, 1.807) is 36.4 Å². The van der Waals surface area contributed by atoms with Crippen LogP contribution in [0.3, 0.4) is 0 Å². The zero-order valence-corrected chi connectivity index (χ0v) is 18.9. The number of aryl methyl sites for hydroxylation is 3. The van der Waals surface area contributed by atoms with Crippen LogP contribution in [0.1, 0.15) is 43.2 Å². The van der Waals surface area contributed by atoms with E-state index in [1.165, 1.54) is 0 Å². The molecular weight excluding hydrogens is 412 g/mol. The molecule has 6 heteroatoms. The number of aromatic nitrogens is 2. The van der Waals surface area contributed by atoms with Crippen molar-refractivity contribution in [1.82, 2.24) is 9.78 Å². The number of anilines is 2. The molecule has 6 nitrogen and oxygen atoms in total. The van der Waals surface area contributed by atoms with Gasteiger partial charge in [-0.25, -0.2) is 0 Å². The fraction of sp³-hybridized carbons (Fsp3) is 0.148. The number of hydrogen-bond donors (Lipinski definition) is 2. The monoisotopic (exact) mass is 438 g/mol. The maximum atomic E-state index is 12.9. The number of hydrogen-bond acceptors (Lipinski definition) is 3. The molecule has 0 radical (unpaired) electrons. The van der Waals surface area contributed by atoms with Gasteiger partial charge in [0, 0.05) is 16.9 Å². The second kappa shape index (κ2) is 9.53. The molecule has 1 heterocycles. The zero-order valence-electron chi connectivity index (χ0n) is 18.9. The lowest BCUT2D eigenvalue weighted by Crippen LogP contribution is -2.18. The van der Waals surface area contributed by atoms with Crippen LogP contribution < -0.4 is 10.6 Å². The van der Waals surface area contributed by atoms with E-state index in [-0.39, 0.29) is 11.8 Å². The molecule has 0 fully saturated rings. The van der Waals surface area contributed by atoms with Crippen molar-refractivity contribution in [3.63, 3.8) is 0 Å². The molecule has 33 heavy (non-hydrogen) atoms. The molecule has 0 saturated carbocycles. The lowest BCUT2D eigenvalue weighted by Gasteiger charge is -2.12. The van der Waals surface area contributed by atoms with Crippen LogP contribution in [0, 0.1) is 20.8 Å². The fourth-order valence-electron chi connectivity index (χ4n) is 3.68. The van der Waals surface area contributed by atoms with Crippen LogP contribution in [-0.2, 0) is 6.54 Å². The zero-order chi connectivity index (χ0) is 23.4. The van der Waals surface area contributed by atoms with Crippen LogP contribution in [0.2, 0.25) is 0 Å². The normalized spacial score (nSPS) is 10.6. The Bertz CT molecular complexity index is 1310. The van der Waals surface area contributed by atoms with Gasteiger partial charge in [-0.1, -0.05) is 36.4 Å². The predicted octanol–water partition coefficient (Wildman–Crippen LogP) is 5.36. The smallest absolute Gasteiger partial charge is 0.257 e. The first kappa shape index (κ1) is 22.0. The molecule has 0 aliphatic rings. The van der Waals surface area contributed by atoms with Crippen molar-refractivity contribution >= 4 is 23.2 Å². The fourth-order valence-corrected chi connectivity index (χ4v) is 3.68. The summed E-state index contributed by atoms with van der Waals surface area (Å²) in [5, 5.41) is 10.2. The topological polar surface area (TPSA) is 76.0 Å². The van der Waals surface area contributed by atoms with E-state index in [0.29, 0.717) is 29.0 Å². The van der Waals surface area contributed by atoms with E-state index in [4.69, 9.17) is 0 Å². The Hall–Kier alpha value is -4.19. The second-order valence-corrected chi connectivity index (χ2v) is 8.10. The Morgan fingerprint density at radius 1 is 0.818 bits per heavy atom. The van der Waals surface area contributed by atoms with Gasteiger partial charge in [-0.2, -0.15) is 5.10 Å². The van der Waals surface area contributed by atoms with Gasteiger partial charge >= 0.3 is 0 Å². The average Bonchev–Trinajstić information content (AvgIpc) is 3.11. The minimum atomic E-state index is -0.281. The summed E-state index contributed by atoms with van der Waals surface area (Å²) in [6.07, 6.45) is 0. The maximum absolute atomic E-state index is 12.9. The third-order valence-corrected chi connectivity index (χ3v) is 5.35. The Kier molecular flexibility index (Phi) is 6.36. The highest BCUT2D eigenvalue weighted by Gasteiger charge is 2.15. The molecule has 0 bridgehead atoms. The molecule has 3 aromatic carbocycles. The summed E-state index contributed by atoms with van der Waals surface area (Å²) in [6, 6.07) is 24.0. The van der Waals surface area contributed by atoms with Crippen LogP contribution in [0.5, 0.6) is 0 Å². The van der Waals surface area contributed by atoms with Gasteiger partial charge in [0.2, 0.25) is 0 Å². The highest BCUT2D eigenvalue weighted by Crippen LogP contribution is 2.19. The molecule has 4 rings (SSSR count). The van der Waals surface area contributed by atoms with Gasteiger partial charge in [0.25, 0.3) is 11.8 Å². The lowest BCUT2D eigenvalue weighted by molar-refractivity contribution is 0.102. The number of carbonyl (C=O) groups is 2. The number of rotatable bonds is 6. The first-order valence-corrected chi connectivity index (χ1v) is 10.8. The van der Waals surface area contributed by atoms with Crippen molar-refractivity contribution in [3.05, 3.63) is 113 Å². The summed E-state index contributed by atoms with van der Waals surface area (Å²) in [7, 11) is 0.